The highest BCUT2D eigenvalue weighted by molar-refractivity contribution is 7.99. The van der Waals surface area contributed by atoms with Crippen molar-refractivity contribution in [2.45, 2.75) is 42.1 Å². The summed E-state index contributed by atoms with van der Waals surface area (Å²) in [5, 5.41) is 11.0. The molecule has 1 aliphatic heterocycles. The van der Waals surface area contributed by atoms with Crippen LogP contribution in [0.3, 0.4) is 0 Å². The molecule has 1 aliphatic rings. The lowest BCUT2D eigenvalue weighted by Crippen LogP contribution is -2.22. The van der Waals surface area contributed by atoms with E-state index in [4.69, 9.17) is 33.2 Å². The van der Waals surface area contributed by atoms with Crippen LogP contribution in [0, 0.1) is 35.2 Å². The Hall–Kier alpha value is -6.08. The van der Waals surface area contributed by atoms with Crippen LogP contribution in [0.4, 0.5) is 17.6 Å². The summed E-state index contributed by atoms with van der Waals surface area (Å²) in [5.41, 5.74) is 0.873. The fraction of sp³-hybridized carbons (Fsp3) is 0.250. The zero-order valence-electron chi connectivity index (χ0n) is 32.5. The third-order valence-corrected chi connectivity index (χ3v) is 10.3. The lowest BCUT2D eigenvalue weighted by atomic mass is 9.91. The first-order valence-electron chi connectivity index (χ1n) is 18.1. The van der Waals surface area contributed by atoms with Crippen molar-refractivity contribution in [1.29, 1.82) is 0 Å². The number of para-hydroxylation sites is 2. The zero-order valence-corrected chi connectivity index (χ0v) is 33.3. The Bertz CT molecular complexity index is 2320. The lowest BCUT2D eigenvalue weighted by molar-refractivity contribution is -0.0119. The summed E-state index contributed by atoms with van der Waals surface area (Å²) in [6.45, 7) is 1.74. The van der Waals surface area contributed by atoms with Gasteiger partial charge in [0.2, 0.25) is 5.75 Å². The molecule has 0 saturated carbocycles. The van der Waals surface area contributed by atoms with Crippen LogP contribution in [0.25, 0.3) is 0 Å². The van der Waals surface area contributed by atoms with Gasteiger partial charge in [0.05, 0.1) is 51.6 Å². The summed E-state index contributed by atoms with van der Waals surface area (Å²) < 4.78 is 97.9. The molecular weight excluding hydrogens is 795 g/mol. The number of methoxy groups -OCH3 is 4. The summed E-state index contributed by atoms with van der Waals surface area (Å²) in [6.07, 6.45) is 0.0197. The summed E-state index contributed by atoms with van der Waals surface area (Å²) in [5.74, 6) is -2.15. The number of carbonyl (C=O) groups is 1. The van der Waals surface area contributed by atoms with Gasteiger partial charge in [0, 0.05) is 30.0 Å². The van der Waals surface area contributed by atoms with E-state index in [-0.39, 0.29) is 52.4 Å². The van der Waals surface area contributed by atoms with Gasteiger partial charge in [-0.25, -0.2) is 17.6 Å². The van der Waals surface area contributed by atoms with Crippen LogP contribution in [0.5, 0.6) is 40.2 Å². The van der Waals surface area contributed by atoms with Crippen molar-refractivity contribution in [3.63, 3.8) is 0 Å². The topological polar surface area (TPSA) is 105 Å². The molecule has 308 valence electrons. The average Bonchev–Trinajstić information content (AvgIpc) is 3.75. The average molecular weight is 834 g/mol. The van der Waals surface area contributed by atoms with E-state index in [1.165, 1.54) is 41.4 Å². The van der Waals surface area contributed by atoms with Crippen LogP contribution in [0.2, 0.25) is 0 Å². The maximum absolute atomic E-state index is 14.6. The van der Waals surface area contributed by atoms with Gasteiger partial charge in [0.1, 0.15) is 16.9 Å². The molecule has 0 aliphatic carbocycles. The summed E-state index contributed by atoms with van der Waals surface area (Å²) in [6, 6.07) is 24.9. The van der Waals surface area contributed by atoms with E-state index in [1.807, 2.05) is 18.2 Å². The molecule has 5 aromatic carbocycles. The SMILES string of the molecule is COc1cc(C2COC(c3cc(OC)c(OC)c(OC)c3)C2)cc(CC#CN(O)C(=O)c2ccccc2Oc2ccccc2)c1OC(C)Sc1c(F)c(F)cc(F)c1F. The van der Waals surface area contributed by atoms with E-state index in [2.05, 4.69) is 12.0 Å². The van der Waals surface area contributed by atoms with E-state index < -0.39 is 39.5 Å². The number of halogens is 4. The number of thioether (sulfide) groups is 1. The number of carbonyl (C=O) groups excluding carboxylic acids is 1. The van der Waals surface area contributed by atoms with Crippen molar-refractivity contribution < 1.29 is 60.7 Å². The van der Waals surface area contributed by atoms with Gasteiger partial charge >= 0.3 is 0 Å². The molecule has 0 spiro atoms. The molecule has 10 nitrogen and oxygen atoms in total. The molecule has 3 atom stereocenters. The molecule has 0 aromatic heterocycles. The Morgan fingerprint density at radius 1 is 0.814 bits per heavy atom. The molecule has 1 N–H and O–H groups in total. The van der Waals surface area contributed by atoms with Crippen molar-refractivity contribution in [3.8, 4) is 52.2 Å². The quantitative estimate of drug-likeness (QED) is 0.0170. The third-order valence-electron chi connectivity index (χ3n) is 9.29. The molecule has 1 amide bonds. The Balaban J connectivity index is 1.30. The number of amides is 1. The molecule has 5 aromatic rings. The molecule has 1 heterocycles. The number of hydroxylamine groups is 2. The minimum Gasteiger partial charge on any atom is -0.493 e. The van der Waals surface area contributed by atoms with Crippen molar-refractivity contribution >= 4 is 17.7 Å². The van der Waals surface area contributed by atoms with Gasteiger partial charge in [-0.05, 0) is 66.9 Å². The normalized spacial score (nSPS) is 15.1. The lowest BCUT2D eigenvalue weighted by Gasteiger charge is -2.22. The number of hydrogen-bond donors (Lipinski definition) is 1. The Labute approximate surface area is 342 Å². The van der Waals surface area contributed by atoms with Crippen molar-refractivity contribution in [1.82, 2.24) is 5.06 Å². The first-order chi connectivity index (χ1) is 28.5. The number of benzene rings is 5. The highest BCUT2D eigenvalue weighted by Gasteiger charge is 2.32. The standard InChI is InChI=1S/C44H39F4NO9S/c1-25(59-43-39(47)32(45)23-33(46)40(43)48)57-41-26(12-11-17-49(51)44(50)31-15-9-10-16-34(31)58-30-13-7-6-8-14-30)18-27(19-36(41)52-2)29-22-35(56-24-29)28-20-37(53-3)42(55-5)38(21-28)54-4/h6-10,13-16,18-21,23,25,29,35,51H,12,22,24H2,1-5H3. The summed E-state index contributed by atoms with van der Waals surface area (Å²) in [7, 11) is 5.95. The Kier molecular flexibility index (Phi) is 13.8. The molecule has 6 rings (SSSR count). The van der Waals surface area contributed by atoms with Crippen LogP contribution in [0.15, 0.2) is 89.8 Å². The minimum atomic E-state index is -1.57. The van der Waals surface area contributed by atoms with E-state index >= 15 is 0 Å². The van der Waals surface area contributed by atoms with Crippen molar-refractivity contribution in [3.05, 3.63) is 130 Å². The van der Waals surface area contributed by atoms with Gasteiger partial charge in [0.25, 0.3) is 5.91 Å². The second-order valence-electron chi connectivity index (χ2n) is 13.0. The zero-order chi connectivity index (χ0) is 42.2. The second-order valence-corrected chi connectivity index (χ2v) is 14.3. The minimum absolute atomic E-state index is 0.0443. The van der Waals surface area contributed by atoms with E-state index in [9.17, 15) is 27.6 Å². The maximum Gasteiger partial charge on any atom is 0.293 e. The van der Waals surface area contributed by atoms with Crippen LogP contribution in [-0.4, -0.2) is 56.7 Å². The van der Waals surface area contributed by atoms with Gasteiger partial charge < -0.3 is 33.2 Å². The van der Waals surface area contributed by atoms with Crippen LogP contribution >= 0.6 is 11.8 Å². The Morgan fingerprint density at radius 3 is 2.07 bits per heavy atom. The van der Waals surface area contributed by atoms with Gasteiger partial charge in [-0.3, -0.25) is 10.0 Å². The third kappa shape index (κ3) is 9.63. The first kappa shape index (κ1) is 42.5. The van der Waals surface area contributed by atoms with Crippen molar-refractivity contribution in [2.75, 3.05) is 35.0 Å². The number of nitrogens with zero attached hydrogens (tertiary/aromatic N) is 1. The van der Waals surface area contributed by atoms with Crippen LogP contribution in [0.1, 0.15) is 52.4 Å². The number of ether oxygens (including phenoxy) is 7. The number of hydrogen-bond acceptors (Lipinski definition) is 10. The van der Waals surface area contributed by atoms with Crippen molar-refractivity contribution in [2.24, 2.45) is 0 Å². The second kappa shape index (κ2) is 19.1. The fourth-order valence-electron chi connectivity index (χ4n) is 6.45. The van der Waals surface area contributed by atoms with E-state index in [1.54, 1.807) is 54.6 Å². The van der Waals surface area contributed by atoms with E-state index in [0.717, 1.165) is 11.1 Å². The molecule has 15 heteroatoms. The van der Waals surface area contributed by atoms with Gasteiger partial charge in [-0.1, -0.05) is 54.1 Å². The molecule has 1 fully saturated rings. The molecule has 3 unspecified atom stereocenters. The highest BCUT2D eigenvalue weighted by Crippen LogP contribution is 2.47. The maximum atomic E-state index is 14.6. The monoisotopic (exact) mass is 833 g/mol. The molecule has 0 radical (unpaired) electrons. The van der Waals surface area contributed by atoms with Crippen LogP contribution < -0.4 is 28.4 Å². The molecular formula is C44H39F4NO9S. The Morgan fingerprint density at radius 2 is 1.42 bits per heavy atom. The van der Waals surface area contributed by atoms with Gasteiger partial charge in [-0.15, -0.1) is 5.06 Å². The summed E-state index contributed by atoms with van der Waals surface area (Å²) >= 11 is 0.418. The largest absolute Gasteiger partial charge is 0.493 e. The van der Waals surface area contributed by atoms with Gasteiger partial charge in [0.15, 0.2) is 46.3 Å². The van der Waals surface area contributed by atoms with E-state index in [0.29, 0.717) is 53.4 Å². The highest BCUT2D eigenvalue weighted by atomic mass is 32.2. The van der Waals surface area contributed by atoms with Crippen LogP contribution in [-0.2, 0) is 11.2 Å². The first-order valence-corrected chi connectivity index (χ1v) is 19.0. The smallest absolute Gasteiger partial charge is 0.293 e. The molecule has 1 saturated heterocycles. The predicted octanol–water partition coefficient (Wildman–Crippen LogP) is 9.87. The number of rotatable bonds is 14. The summed E-state index contributed by atoms with van der Waals surface area (Å²) in [4.78, 5) is 12.5. The molecule has 59 heavy (non-hydrogen) atoms. The van der Waals surface area contributed by atoms with Gasteiger partial charge in [-0.2, -0.15) is 0 Å². The fourth-order valence-corrected chi connectivity index (χ4v) is 7.33. The predicted molar refractivity (Wildman–Crippen MR) is 210 cm³/mol. The molecule has 0 bridgehead atoms.